The fraction of sp³-hybridized carbons (Fsp3) is 0.277. The topological polar surface area (TPSA) is 564 Å². The number of carbonyl (C=O) groups excluding carboxylic acids is 19. The number of benzene rings is 6. The SMILES string of the molecule is COc1ccc2c(c1F)C(=O)N(C[C@@]1(c3cc4cc(C5(C)NC(=O)CC5=O)c(F)cc4o3)NC(=O)NC1=O)C2.COc1ccc2c(c1F)C(=O)N(C[C@@]1(c3cc4cc5c(cc4o3)C(=O)CCC5)CC(=O)NC1=O)C2.COc1ccc2c(c1F)C(=O)N(C[C@@]1(c3cc4nc(C5(C)NC(=O)CC5=O)ccc4o3)CC(=O)NC1=O)C2.COc1ccc2c(c1F)C(=O)N(C[C@@]1(c3cc4nc(N5CC(=O)NC5=O)c(F)cc4o3)NC(=O)NC1=O)C2. The highest BCUT2D eigenvalue weighted by Gasteiger charge is 2.60. The number of anilines is 1. The van der Waals surface area contributed by atoms with Crippen molar-refractivity contribution in [2.75, 3.05) is 66.1 Å². The lowest BCUT2D eigenvalue weighted by Crippen LogP contribution is -2.52. The van der Waals surface area contributed by atoms with E-state index in [1.807, 2.05) is 11.4 Å². The minimum atomic E-state index is -1.96. The molecule has 0 bridgehead atoms. The molecule has 7 fully saturated rings. The summed E-state index contributed by atoms with van der Waals surface area (Å²) in [6, 6.07) is 25.0. The van der Waals surface area contributed by atoms with Crippen molar-refractivity contribution in [1.29, 1.82) is 0 Å². The monoisotopic (exact) mass is 2060 g/mol. The smallest absolute Gasteiger partial charge is 0.330 e. The number of carbonyl (C=O) groups is 19. The van der Waals surface area contributed by atoms with Crippen LogP contribution < -0.4 is 71.7 Å². The second kappa shape index (κ2) is 35.4. The van der Waals surface area contributed by atoms with Gasteiger partial charge in [0.25, 0.3) is 35.4 Å². The minimum Gasteiger partial charge on any atom is -0.494 e. The van der Waals surface area contributed by atoms with Crippen LogP contribution in [0.2, 0.25) is 0 Å². The van der Waals surface area contributed by atoms with Crippen LogP contribution in [-0.2, 0) is 118 Å². The number of furan rings is 4. The predicted octanol–water partition coefficient (Wildman–Crippen LogP) is 6.84. The molecule has 11 aliphatic heterocycles. The zero-order valence-electron chi connectivity index (χ0n) is 79.2. The van der Waals surface area contributed by atoms with Gasteiger partial charge in [0.1, 0.15) is 79.5 Å². The van der Waals surface area contributed by atoms with Crippen LogP contribution in [0, 0.1) is 34.9 Å². The fourth-order valence-electron chi connectivity index (χ4n) is 21.1. The summed E-state index contributed by atoms with van der Waals surface area (Å²) >= 11 is 0. The first-order chi connectivity index (χ1) is 71.4. The number of amides is 19. The summed E-state index contributed by atoms with van der Waals surface area (Å²) in [5.41, 5.74) is -6.27. The first-order valence-corrected chi connectivity index (χ1v) is 46.1. The summed E-state index contributed by atoms with van der Waals surface area (Å²) in [5, 5.41) is 21.9. The maximum absolute atomic E-state index is 15.2. The molecule has 6 atom stereocenters. The lowest BCUT2D eigenvalue weighted by molar-refractivity contribution is -0.128. The Hall–Kier alpha value is -18.5. The van der Waals surface area contributed by atoms with E-state index in [0.29, 0.717) is 56.4 Å². The summed E-state index contributed by atoms with van der Waals surface area (Å²) < 4.78 is 133. The molecular weight excluding hydrogens is 1980 g/mol. The van der Waals surface area contributed by atoms with Gasteiger partial charge in [-0.05, 0) is 121 Å². The number of pyridine rings is 2. The van der Waals surface area contributed by atoms with Gasteiger partial charge in [-0.3, -0.25) is 108 Å². The second-order valence-electron chi connectivity index (χ2n) is 37.9. The van der Waals surface area contributed by atoms with Crippen LogP contribution in [0.15, 0.2) is 133 Å². The van der Waals surface area contributed by atoms with Crippen molar-refractivity contribution in [2.45, 2.75) is 118 Å². The maximum Gasteiger partial charge on any atom is 0.330 e. The average molecular weight is 2060 g/mol. The molecular formula is C101H78F6N16O27. The van der Waals surface area contributed by atoms with Gasteiger partial charge in [0.2, 0.25) is 41.4 Å². The minimum absolute atomic E-state index is 0.00342. The van der Waals surface area contributed by atoms with Gasteiger partial charge in [-0.2, -0.15) is 0 Å². The van der Waals surface area contributed by atoms with Crippen molar-refractivity contribution in [2.24, 2.45) is 0 Å². The van der Waals surface area contributed by atoms with Crippen LogP contribution in [0.4, 0.5) is 46.5 Å². The van der Waals surface area contributed by atoms with Crippen LogP contribution >= 0.6 is 0 Å². The van der Waals surface area contributed by atoms with Crippen molar-refractivity contribution in [3.8, 4) is 23.0 Å². The summed E-state index contributed by atoms with van der Waals surface area (Å²) in [6.45, 7) is 1.18. The number of methoxy groups -OCH3 is 4. The summed E-state index contributed by atoms with van der Waals surface area (Å²) in [5.74, 6) is -14.9. The maximum atomic E-state index is 15.2. The number of ketones is 3. The number of imide groups is 5. The molecule has 766 valence electrons. The number of Topliss-reactive ketones (excluding diaryl/α,β-unsaturated/α-hetero) is 3. The van der Waals surface area contributed by atoms with Crippen LogP contribution in [0.3, 0.4) is 0 Å². The Labute approximate surface area is 837 Å². The second-order valence-corrected chi connectivity index (χ2v) is 37.9. The van der Waals surface area contributed by atoms with Crippen molar-refractivity contribution in [3.05, 3.63) is 240 Å². The number of fused-ring (bicyclic) bond motifs is 9. The molecule has 6 aromatic heterocycles. The Balaban J connectivity index is 0.000000117. The lowest BCUT2D eigenvalue weighted by Gasteiger charge is -2.29. The molecule has 43 nitrogen and oxygen atoms in total. The highest BCUT2D eigenvalue weighted by Crippen LogP contribution is 2.48. The van der Waals surface area contributed by atoms with E-state index in [1.165, 1.54) is 111 Å². The van der Waals surface area contributed by atoms with Crippen molar-refractivity contribution < 1.29 is 154 Å². The molecule has 12 aliphatic rings. The van der Waals surface area contributed by atoms with Gasteiger partial charge in [-0.1, -0.05) is 24.3 Å². The van der Waals surface area contributed by atoms with Gasteiger partial charge in [0.15, 0.2) is 97.5 Å². The number of hydrogen-bond acceptors (Lipinski definition) is 29. The zero-order valence-corrected chi connectivity index (χ0v) is 79.2. The van der Waals surface area contributed by atoms with Crippen LogP contribution in [0.5, 0.6) is 23.0 Å². The Kier molecular flexibility index (Phi) is 23.0. The van der Waals surface area contributed by atoms with Gasteiger partial charge in [-0.25, -0.2) is 50.7 Å². The molecule has 150 heavy (non-hydrogen) atoms. The van der Waals surface area contributed by atoms with E-state index in [1.54, 1.807) is 43.3 Å². The van der Waals surface area contributed by atoms with E-state index in [9.17, 15) is 113 Å². The van der Waals surface area contributed by atoms with Gasteiger partial charge in [-0.15, -0.1) is 0 Å². The van der Waals surface area contributed by atoms with Crippen LogP contribution in [-0.4, -0.2) is 203 Å². The van der Waals surface area contributed by atoms with E-state index < -0.39 is 200 Å². The predicted molar refractivity (Wildman–Crippen MR) is 495 cm³/mol. The number of urea groups is 3. The molecule has 19 amide bonds. The number of hydrogen-bond donors (Lipinski definition) is 9. The van der Waals surface area contributed by atoms with Crippen molar-refractivity contribution >= 4 is 162 Å². The third-order valence-electron chi connectivity index (χ3n) is 28.8. The van der Waals surface area contributed by atoms with Crippen molar-refractivity contribution in [1.82, 2.24) is 77.4 Å². The highest BCUT2D eigenvalue weighted by molar-refractivity contribution is 6.16. The number of aromatic nitrogens is 2. The summed E-state index contributed by atoms with van der Waals surface area (Å²) in [4.78, 5) is 253. The Bertz CT molecular complexity index is 8260. The number of aryl methyl sites for hydroxylation is 1. The average Bonchev–Trinajstić information content (AvgIpc) is 1.59. The number of nitrogens with zero attached hydrogens (tertiary/aromatic N) is 7. The number of halogens is 6. The first kappa shape index (κ1) is 97.6. The Morgan fingerprint density at radius 2 is 0.780 bits per heavy atom. The summed E-state index contributed by atoms with van der Waals surface area (Å²) in [6.07, 6.45) is 0.882. The Morgan fingerprint density at radius 3 is 1.22 bits per heavy atom. The van der Waals surface area contributed by atoms with Crippen LogP contribution in [0.25, 0.3) is 44.1 Å². The first-order valence-electron chi connectivity index (χ1n) is 46.1. The number of ether oxygens (including phenoxy) is 4. The largest absolute Gasteiger partial charge is 0.494 e. The molecule has 9 N–H and O–H groups in total. The molecule has 0 radical (unpaired) electrons. The van der Waals surface area contributed by atoms with Gasteiger partial charge < -0.3 is 77.5 Å². The van der Waals surface area contributed by atoms with Gasteiger partial charge in [0.05, 0.1) is 95.2 Å². The molecule has 0 saturated carbocycles. The molecule has 7 saturated heterocycles. The fourth-order valence-corrected chi connectivity index (χ4v) is 21.1. The molecule has 1 aliphatic carbocycles. The quantitative estimate of drug-likeness (QED) is 0.0173. The molecule has 6 aromatic carbocycles. The third-order valence-corrected chi connectivity index (χ3v) is 28.8. The molecule has 49 heteroatoms. The molecule has 12 aromatic rings. The molecule has 0 spiro atoms. The molecule has 2 unspecified atom stereocenters. The van der Waals surface area contributed by atoms with E-state index in [-0.39, 0.29) is 172 Å². The molecule has 24 rings (SSSR count). The van der Waals surface area contributed by atoms with Crippen molar-refractivity contribution in [3.63, 3.8) is 0 Å². The van der Waals surface area contributed by atoms with E-state index in [0.717, 1.165) is 40.3 Å². The number of rotatable bonds is 19. The lowest BCUT2D eigenvalue weighted by atomic mass is 9.82. The van der Waals surface area contributed by atoms with Gasteiger partial charge in [0, 0.05) is 91.9 Å². The Morgan fingerprint density at radius 1 is 0.367 bits per heavy atom. The van der Waals surface area contributed by atoms with E-state index >= 15 is 4.39 Å². The number of nitrogens with one attached hydrogen (secondary N) is 9. The molecule has 17 heterocycles. The van der Waals surface area contributed by atoms with Crippen LogP contribution in [0.1, 0.15) is 166 Å². The third kappa shape index (κ3) is 15.6. The normalized spacial score (nSPS) is 22.9. The standard InChI is InChI=1S/C26H20F2N4O7.C26H21FN4O7.C26H21FN2O6.C23H16F2N6O7/c1-25(17(33)8-19(34)30-25)13-5-12-6-18(39-16(12)7-14(13)27)26(23(36)29-24(37)31-26)10-32-9-11-3-4-15(38-2)21(28)20(11)22(32)35;1-25(17(32)8-19(33)30-25)16-6-5-14-13(28-16)7-18(38-14)26(9-20(34)29-24(26)36)11-31-10-12-3-4-15(37-2)22(27)21(12)23(31)35;1-34-18-6-5-14-11-29(24(32)22(14)23(18)27)12-26(10-21(31)28-25(26)33)20-8-15-7-13-3-2-4-17(30)16(13)9-19(15)35-20;1-37-12-3-2-9-6-30(19(33)16(9)17(12)25)8-23(20(34)28-21(35)29-23)14-5-11-13(38-14)4-10(24)18(26-11)31-7-15(32)27-22(31)36/h3-7H,8-10H2,1-2H3,(H,30,34)(H2,29,31,36,37);3-7H,8-11H2,1-2H3,(H,30,33)(H,29,34,36);5-9H,2-4,10-12H2,1H3,(H,28,31,33);2-5H,6-8H2,1H3,(H,27,32,36)(H2,28,29,34,35)/t2*25?,26-;26-;23-/m0110/s1. The zero-order chi connectivity index (χ0) is 106. The van der Waals surface area contributed by atoms with Gasteiger partial charge >= 0.3 is 18.1 Å². The highest BCUT2D eigenvalue weighted by atomic mass is 19.1. The van der Waals surface area contributed by atoms with E-state index in [4.69, 9.17) is 36.6 Å². The van der Waals surface area contributed by atoms with E-state index in [2.05, 4.69) is 52.5 Å². The summed E-state index contributed by atoms with van der Waals surface area (Å²) in [7, 11) is 5.14.